The van der Waals surface area contributed by atoms with Crippen LogP contribution in [0.3, 0.4) is 0 Å². The predicted molar refractivity (Wildman–Crippen MR) is 113 cm³/mol. The highest BCUT2D eigenvalue weighted by Gasteiger charge is 2.51. The van der Waals surface area contributed by atoms with E-state index in [0.717, 1.165) is 46.6 Å². The molecule has 2 aromatic carbocycles. The number of anilines is 1. The highest BCUT2D eigenvalue weighted by molar-refractivity contribution is 6.01. The first-order valence-corrected chi connectivity index (χ1v) is 9.92. The van der Waals surface area contributed by atoms with Crippen LogP contribution in [0.25, 0.3) is 11.1 Å². The van der Waals surface area contributed by atoms with Gasteiger partial charge in [-0.3, -0.25) is 4.79 Å². The molecule has 0 saturated heterocycles. The van der Waals surface area contributed by atoms with E-state index in [0.29, 0.717) is 11.6 Å². The van der Waals surface area contributed by atoms with Gasteiger partial charge in [0.15, 0.2) is 11.5 Å². The number of methoxy groups -OCH3 is 1. The van der Waals surface area contributed by atoms with Crippen LogP contribution in [0.1, 0.15) is 24.0 Å². The van der Waals surface area contributed by atoms with Crippen molar-refractivity contribution in [3.63, 3.8) is 0 Å². The third-order valence-corrected chi connectivity index (χ3v) is 5.84. The summed E-state index contributed by atoms with van der Waals surface area (Å²) in [4.78, 5) is 17.7. The number of benzene rings is 2. The Morgan fingerprint density at radius 1 is 1.03 bits per heavy atom. The predicted octanol–water partition coefficient (Wildman–Crippen LogP) is 4.46. The van der Waals surface area contributed by atoms with E-state index in [4.69, 9.17) is 14.2 Å². The molecule has 30 heavy (non-hydrogen) atoms. The SMILES string of the molecule is COc1ccc(-c2cnc(NC(=O)C3(c4ccc5c(c4)OCO5)CC3)c(C)c2)cc1. The molecule has 0 unspecified atom stereocenters. The van der Waals surface area contributed by atoms with Crippen molar-refractivity contribution in [2.24, 2.45) is 0 Å². The summed E-state index contributed by atoms with van der Waals surface area (Å²) >= 11 is 0. The molecule has 1 aliphatic carbocycles. The molecule has 6 heteroatoms. The van der Waals surface area contributed by atoms with Crippen LogP contribution >= 0.6 is 0 Å². The van der Waals surface area contributed by atoms with Gasteiger partial charge in [-0.25, -0.2) is 4.98 Å². The number of hydrogen-bond acceptors (Lipinski definition) is 5. The zero-order chi connectivity index (χ0) is 20.7. The first-order valence-electron chi connectivity index (χ1n) is 9.92. The third-order valence-electron chi connectivity index (χ3n) is 5.84. The van der Waals surface area contributed by atoms with E-state index in [1.54, 1.807) is 13.3 Å². The number of aryl methyl sites for hydroxylation is 1. The van der Waals surface area contributed by atoms with Crippen LogP contribution in [0.4, 0.5) is 5.82 Å². The Hall–Kier alpha value is -3.54. The van der Waals surface area contributed by atoms with Crippen molar-refractivity contribution < 1.29 is 19.0 Å². The summed E-state index contributed by atoms with van der Waals surface area (Å²) in [5.74, 6) is 2.79. The van der Waals surface area contributed by atoms with Gasteiger partial charge < -0.3 is 19.5 Å². The van der Waals surface area contributed by atoms with Gasteiger partial charge in [-0.05, 0) is 66.8 Å². The fraction of sp³-hybridized carbons (Fsp3) is 0.250. The molecule has 1 aliphatic heterocycles. The molecule has 1 amide bonds. The molecule has 1 saturated carbocycles. The van der Waals surface area contributed by atoms with Gasteiger partial charge in [-0.2, -0.15) is 0 Å². The number of hydrogen-bond donors (Lipinski definition) is 1. The molecule has 1 aromatic heterocycles. The van der Waals surface area contributed by atoms with Crippen LogP contribution < -0.4 is 19.5 Å². The first-order chi connectivity index (χ1) is 14.6. The maximum absolute atomic E-state index is 13.1. The Morgan fingerprint density at radius 3 is 2.50 bits per heavy atom. The van der Waals surface area contributed by atoms with Crippen molar-refractivity contribution in [2.45, 2.75) is 25.2 Å². The Labute approximate surface area is 174 Å². The zero-order valence-electron chi connectivity index (χ0n) is 16.9. The summed E-state index contributed by atoms with van der Waals surface area (Å²) in [7, 11) is 1.65. The quantitative estimate of drug-likeness (QED) is 0.682. The highest BCUT2D eigenvalue weighted by atomic mass is 16.7. The minimum atomic E-state index is -0.524. The molecule has 0 radical (unpaired) electrons. The number of nitrogens with zero attached hydrogens (tertiary/aromatic N) is 1. The summed E-state index contributed by atoms with van der Waals surface area (Å²) in [6, 6.07) is 15.6. The standard InChI is InChI=1S/C24H22N2O4/c1-15-11-17(16-3-6-19(28-2)7-4-16)13-25-22(15)26-23(27)24(9-10-24)18-5-8-20-21(12-18)30-14-29-20/h3-8,11-13H,9-10,14H2,1-2H3,(H,25,26,27). The number of carbonyl (C=O) groups excluding carboxylic acids is 1. The molecule has 0 atom stereocenters. The molecule has 0 bridgehead atoms. The van der Waals surface area contributed by atoms with E-state index in [-0.39, 0.29) is 12.7 Å². The van der Waals surface area contributed by atoms with Crippen molar-refractivity contribution in [1.82, 2.24) is 4.98 Å². The van der Waals surface area contributed by atoms with Crippen molar-refractivity contribution >= 4 is 11.7 Å². The molecule has 1 N–H and O–H groups in total. The summed E-state index contributed by atoms with van der Waals surface area (Å²) in [6.07, 6.45) is 3.40. The summed E-state index contributed by atoms with van der Waals surface area (Å²) < 4.78 is 16.1. The smallest absolute Gasteiger partial charge is 0.236 e. The Balaban J connectivity index is 1.35. The average Bonchev–Trinajstić information content (AvgIpc) is 3.46. The zero-order valence-corrected chi connectivity index (χ0v) is 16.9. The van der Waals surface area contributed by atoms with Crippen LogP contribution in [0.15, 0.2) is 54.7 Å². The Bertz CT molecular complexity index is 1120. The van der Waals surface area contributed by atoms with Gasteiger partial charge in [-0.15, -0.1) is 0 Å². The lowest BCUT2D eigenvalue weighted by atomic mass is 9.94. The van der Waals surface area contributed by atoms with E-state index in [2.05, 4.69) is 10.3 Å². The molecule has 3 aromatic rings. The fourth-order valence-electron chi connectivity index (χ4n) is 3.84. The van der Waals surface area contributed by atoms with Crippen LogP contribution in [-0.2, 0) is 10.2 Å². The maximum Gasteiger partial charge on any atom is 0.236 e. The molecule has 152 valence electrons. The lowest BCUT2D eigenvalue weighted by Crippen LogP contribution is -2.28. The van der Waals surface area contributed by atoms with Gasteiger partial charge in [0.2, 0.25) is 12.7 Å². The topological polar surface area (TPSA) is 69.7 Å². The first kappa shape index (κ1) is 18.5. The number of aromatic nitrogens is 1. The number of ether oxygens (including phenoxy) is 3. The lowest BCUT2D eigenvalue weighted by molar-refractivity contribution is -0.118. The van der Waals surface area contributed by atoms with Gasteiger partial charge in [0.1, 0.15) is 11.6 Å². The number of amides is 1. The van der Waals surface area contributed by atoms with Crippen molar-refractivity contribution in [3.05, 3.63) is 65.9 Å². The highest BCUT2D eigenvalue weighted by Crippen LogP contribution is 2.51. The molecule has 1 fully saturated rings. The van der Waals surface area contributed by atoms with Crippen molar-refractivity contribution in [3.8, 4) is 28.4 Å². The molecular weight excluding hydrogens is 380 g/mol. The maximum atomic E-state index is 13.1. The van der Waals surface area contributed by atoms with E-state index in [9.17, 15) is 4.79 Å². The van der Waals surface area contributed by atoms with Crippen LogP contribution in [0, 0.1) is 6.92 Å². The summed E-state index contributed by atoms with van der Waals surface area (Å²) in [5.41, 5.74) is 3.38. The number of fused-ring (bicyclic) bond motifs is 1. The molecule has 2 aliphatic rings. The largest absolute Gasteiger partial charge is 0.497 e. The third kappa shape index (κ3) is 3.14. The number of rotatable bonds is 5. The van der Waals surface area contributed by atoms with Gasteiger partial charge in [-0.1, -0.05) is 18.2 Å². The van der Waals surface area contributed by atoms with Crippen molar-refractivity contribution in [2.75, 3.05) is 19.2 Å². The number of carbonyl (C=O) groups is 1. The normalized spacial score (nSPS) is 15.5. The minimum absolute atomic E-state index is 0.0332. The number of pyridine rings is 1. The fourth-order valence-corrected chi connectivity index (χ4v) is 3.84. The van der Waals surface area contributed by atoms with Gasteiger partial charge in [0.05, 0.1) is 12.5 Å². The van der Waals surface area contributed by atoms with E-state index >= 15 is 0 Å². The van der Waals surface area contributed by atoms with Gasteiger partial charge >= 0.3 is 0 Å². The second-order valence-electron chi connectivity index (χ2n) is 7.72. The van der Waals surface area contributed by atoms with Gasteiger partial charge in [0.25, 0.3) is 0 Å². The monoisotopic (exact) mass is 402 g/mol. The molecule has 2 heterocycles. The second kappa shape index (κ2) is 7.06. The van der Waals surface area contributed by atoms with Crippen LogP contribution in [0.5, 0.6) is 17.2 Å². The van der Waals surface area contributed by atoms with Crippen LogP contribution in [-0.4, -0.2) is 24.8 Å². The molecule has 6 nitrogen and oxygen atoms in total. The minimum Gasteiger partial charge on any atom is -0.497 e. The Morgan fingerprint density at radius 2 is 1.80 bits per heavy atom. The number of nitrogens with one attached hydrogen (secondary N) is 1. The van der Waals surface area contributed by atoms with Crippen LogP contribution in [0.2, 0.25) is 0 Å². The molecule has 0 spiro atoms. The van der Waals surface area contributed by atoms with E-state index in [1.807, 2.05) is 55.5 Å². The van der Waals surface area contributed by atoms with Crippen molar-refractivity contribution in [1.29, 1.82) is 0 Å². The molecule has 5 rings (SSSR count). The average molecular weight is 402 g/mol. The summed E-state index contributed by atoms with van der Waals surface area (Å²) in [6.45, 7) is 2.18. The lowest BCUT2D eigenvalue weighted by Gasteiger charge is -2.17. The van der Waals surface area contributed by atoms with E-state index in [1.165, 1.54) is 0 Å². The summed E-state index contributed by atoms with van der Waals surface area (Å²) in [5, 5.41) is 3.03. The van der Waals surface area contributed by atoms with E-state index < -0.39 is 5.41 Å². The Kier molecular flexibility index (Phi) is 4.35. The molecular formula is C24H22N2O4. The van der Waals surface area contributed by atoms with Gasteiger partial charge in [0, 0.05) is 11.8 Å². The second-order valence-corrected chi connectivity index (χ2v) is 7.72.